The quantitative estimate of drug-likeness (QED) is 0.656. The van der Waals surface area contributed by atoms with Crippen LogP contribution in [0.15, 0.2) is 42.5 Å². The number of halogens is 1. The SMILES string of the molecule is COc1cccc(CCNC(=O)c2cc([N+](=O)[O-])ccc2F)c1. The third kappa shape index (κ3) is 4.26. The number of amides is 1. The monoisotopic (exact) mass is 318 g/mol. The lowest BCUT2D eigenvalue weighted by atomic mass is 10.1. The molecule has 2 aromatic rings. The Morgan fingerprint density at radius 1 is 1.30 bits per heavy atom. The van der Waals surface area contributed by atoms with Gasteiger partial charge in [-0.3, -0.25) is 14.9 Å². The molecule has 0 aliphatic heterocycles. The van der Waals surface area contributed by atoms with Crippen LogP contribution in [0.1, 0.15) is 15.9 Å². The second kappa shape index (κ2) is 7.35. The minimum absolute atomic E-state index is 0.272. The Morgan fingerprint density at radius 3 is 2.78 bits per heavy atom. The lowest BCUT2D eigenvalue weighted by molar-refractivity contribution is -0.384. The molecule has 0 saturated carbocycles. The standard InChI is InChI=1S/C16H15FN2O4/c1-23-13-4-2-3-11(9-13)7-8-18-16(20)14-10-12(19(21)22)5-6-15(14)17/h2-6,9-10H,7-8H2,1H3,(H,18,20). The van der Waals surface area contributed by atoms with Gasteiger partial charge in [0.25, 0.3) is 11.6 Å². The van der Waals surface area contributed by atoms with E-state index < -0.39 is 16.6 Å². The molecule has 0 atom stereocenters. The van der Waals surface area contributed by atoms with Gasteiger partial charge in [0.1, 0.15) is 11.6 Å². The first-order chi connectivity index (χ1) is 11.0. The van der Waals surface area contributed by atoms with Crippen LogP contribution in [0.5, 0.6) is 5.75 Å². The fraction of sp³-hybridized carbons (Fsp3) is 0.188. The molecule has 0 saturated heterocycles. The molecule has 2 aromatic carbocycles. The number of nitrogens with one attached hydrogen (secondary N) is 1. The van der Waals surface area contributed by atoms with Crippen LogP contribution >= 0.6 is 0 Å². The number of ether oxygens (including phenoxy) is 1. The molecule has 0 aromatic heterocycles. The van der Waals surface area contributed by atoms with Crippen molar-refractivity contribution in [1.82, 2.24) is 5.32 Å². The fourth-order valence-corrected chi connectivity index (χ4v) is 2.04. The van der Waals surface area contributed by atoms with Gasteiger partial charge in [0.05, 0.1) is 17.6 Å². The van der Waals surface area contributed by atoms with E-state index in [1.165, 1.54) is 0 Å². The molecule has 0 aliphatic rings. The number of carbonyl (C=O) groups is 1. The average molecular weight is 318 g/mol. The van der Waals surface area contributed by atoms with Gasteiger partial charge in [0, 0.05) is 18.7 Å². The first kappa shape index (κ1) is 16.4. The first-order valence-electron chi connectivity index (χ1n) is 6.86. The molecule has 0 radical (unpaired) electrons. The minimum atomic E-state index is -0.797. The molecule has 0 unspecified atom stereocenters. The van der Waals surface area contributed by atoms with Crippen LogP contribution in [0.2, 0.25) is 0 Å². The molecular weight excluding hydrogens is 303 g/mol. The summed E-state index contributed by atoms with van der Waals surface area (Å²) < 4.78 is 18.7. The Morgan fingerprint density at radius 2 is 2.09 bits per heavy atom. The molecular formula is C16H15FN2O4. The molecule has 6 nitrogen and oxygen atoms in total. The molecule has 0 spiro atoms. The normalized spacial score (nSPS) is 10.2. The predicted molar refractivity (Wildman–Crippen MR) is 82.1 cm³/mol. The third-order valence-electron chi connectivity index (χ3n) is 3.24. The summed E-state index contributed by atoms with van der Waals surface area (Å²) in [6.45, 7) is 0.272. The van der Waals surface area contributed by atoms with E-state index >= 15 is 0 Å². The molecule has 0 aliphatic carbocycles. The number of methoxy groups -OCH3 is 1. The Kier molecular flexibility index (Phi) is 5.24. The smallest absolute Gasteiger partial charge is 0.270 e. The molecule has 23 heavy (non-hydrogen) atoms. The van der Waals surface area contributed by atoms with E-state index in [4.69, 9.17) is 4.74 Å². The summed E-state index contributed by atoms with van der Waals surface area (Å²) in [5.74, 6) is -0.776. The van der Waals surface area contributed by atoms with E-state index in [9.17, 15) is 19.3 Å². The average Bonchev–Trinajstić information content (AvgIpc) is 2.55. The largest absolute Gasteiger partial charge is 0.497 e. The maximum absolute atomic E-state index is 13.6. The van der Waals surface area contributed by atoms with Crippen molar-refractivity contribution in [3.8, 4) is 5.75 Å². The molecule has 0 heterocycles. The zero-order valence-electron chi connectivity index (χ0n) is 12.4. The first-order valence-corrected chi connectivity index (χ1v) is 6.86. The van der Waals surface area contributed by atoms with Crippen molar-refractivity contribution in [3.63, 3.8) is 0 Å². The van der Waals surface area contributed by atoms with Gasteiger partial charge in [-0.05, 0) is 30.2 Å². The molecule has 2 rings (SSSR count). The van der Waals surface area contributed by atoms with E-state index in [2.05, 4.69) is 5.32 Å². The van der Waals surface area contributed by atoms with E-state index in [0.29, 0.717) is 12.2 Å². The Hall–Kier alpha value is -2.96. The summed E-state index contributed by atoms with van der Waals surface area (Å²) in [5, 5.41) is 13.2. The predicted octanol–water partition coefficient (Wildman–Crippen LogP) is 2.72. The van der Waals surface area contributed by atoms with Crippen LogP contribution in [0.4, 0.5) is 10.1 Å². The Labute approximate surface area is 132 Å². The van der Waals surface area contributed by atoms with E-state index in [1.54, 1.807) is 13.2 Å². The second-order valence-electron chi connectivity index (χ2n) is 4.78. The number of rotatable bonds is 6. The summed E-state index contributed by atoms with van der Waals surface area (Å²) in [7, 11) is 1.56. The fourth-order valence-electron chi connectivity index (χ4n) is 2.04. The van der Waals surface area contributed by atoms with Crippen LogP contribution < -0.4 is 10.1 Å². The van der Waals surface area contributed by atoms with Crippen molar-refractivity contribution in [2.75, 3.05) is 13.7 Å². The van der Waals surface area contributed by atoms with E-state index in [1.807, 2.05) is 18.2 Å². The van der Waals surface area contributed by atoms with Crippen molar-refractivity contribution in [2.24, 2.45) is 0 Å². The number of non-ortho nitro benzene ring substituents is 1. The zero-order valence-corrected chi connectivity index (χ0v) is 12.4. The highest BCUT2D eigenvalue weighted by atomic mass is 19.1. The number of benzene rings is 2. The highest BCUT2D eigenvalue weighted by Gasteiger charge is 2.16. The second-order valence-corrected chi connectivity index (χ2v) is 4.78. The van der Waals surface area contributed by atoms with Crippen molar-refractivity contribution < 1.29 is 18.8 Å². The number of hydrogen-bond acceptors (Lipinski definition) is 4. The number of carbonyl (C=O) groups excluding carboxylic acids is 1. The molecule has 0 bridgehead atoms. The lowest BCUT2D eigenvalue weighted by Crippen LogP contribution is -2.26. The summed E-state index contributed by atoms with van der Waals surface area (Å²) in [4.78, 5) is 22.0. The summed E-state index contributed by atoms with van der Waals surface area (Å²) in [5.41, 5.74) is 0.276. The maximum atomic E-state index is 13.6. The van der Waals surface area contributed by atoms with Crippen LogP contribution in [0.3, 0.4) is 0 Å². The third-order valence-corrected chi connectivity index (χ3v) is 3.24. The van der Waals surface area contributed by atoms with Gasteiger partial charge >= 0.3 is 0 Å². The molecule has 1 N–H and O–H groups in total. The lowest BCUT2D eigenvalue weighted by Gasteiger charge is -2.07. The van der Waals surface area contributed by atoms with Gasteiger partial charge in [-0.2, -0.15) is 0 Å². The van der Waals surface area contributed by atoms with E-state index in [0.717, 1.165) is 23.8 Å². The maximum Gasteiger partial charge on any atom is 0.270 e. The van der Waals surface area contributed by atoms with Gasteiger partial charge in [-0.25, -0.2) is 4.39 Å². The van der Waals surface area contributed by atoms with Crippen molar-refractivity contribution >= 4 is 11.6 Å². The topological polar surface area (TPSA) is 81.5 Å². The highest BCUT2D eigenvalue weighted by Crippen LogP contribution is 2.17. The van der Waals surface area contributed by atoms with Crippen molar-refractivity contribution in [1.29, 1.82) is 0 Å². The zero-order chi connectivity index (χ0) is 16.8. The van der Waals surface area contributed by atoms with Crippen LogP contribution in [-0.4, -0.2) is 24.5 Å². The summed E-state index contributed by atoms with van der Waals surface area (Å²) in [6.07, 6.45) is 0.527. The van der Waals surface area contributed by atoms with Gasteiger partial charge in [-0.1, -0.05) is 12.1 Å². The summed E-state index contributed by atoms with van der Waals surface area (Å²) in [6, 6.07) is 10.2. The molecule has 1 amide bonds. The van der Waals surface area contributed by atoms with Crippen LogP contribution in [0.25, 0.3) is 0 Å². The molecule has 120 valence electrons. The van der Waals surface area contributed by atoms with Crippen LogP contribution in [-0.2, 0) is 6.42 Å². The minimum Gasteiger partial charge on any atom is -0.497 e. The highest BCUT2D eigenvalue weighted by molar-refractivity contribution is 5.95. The Bertz CT molecular complexity index is 734. The Balaban J connectivity index is 1.99. The van der Waals surface area contributed by atoms with Crippen LogP contribution in [0, 0.1) is 15.9 Å². The van der Waals surface area contributed by atoms with Crippen molar-refractivity contribution in [2.45, 2.75) is 6.42 Å². The van der Waals surface area contributed by atoms with E-state index in [-0.39, 0.29) is 17.8 Å². The summed E-state index contributed by atoms with van der Waals surface area (Å²) >= 11 is 0. The number of nitro benzene ring substituents is 1. The van der Waals surface area contributed by atoms with Crippen molar-refractivity contribution in [3.05, 3.63) is 69.5 Å². The van der Waals surface area contributed by atoms with Gasteiger partial charge in [-0.15, -0.1) is 0 Å². The number of nitro groups is 1. The van der Waals surface area contributed by atoms with Gasteiger partial charge in [0.15, 0.2) is 0 Å². The molecule has 0 fully saturated rings. The number of hydrogen-bond donors (Lipinski definition) is 1. The number of nitrogens with zero attached hydrogens (tertiary/aromatic N) is 1. The molecule has 7 heteroatoms. The van der Waals surface area contributed by atoms with Gasteiger partial charge < -0.3 is 10.1 Å². The van der Waals surface area contributed by atoms with Gasteiger partial charge in [0.2, 0.25) is 0 Å².